The maximum atomic E-state index is 8.35. The van der Waals surface area contributed by atoms with Gasteiger partial charge >= 0.3 is 0 Å². The molecule has 0 amide bonds. The lowest BCUT2D eigenvalue weighted by atomic mass is 10.4. The van der Waals surface area contributed by atoms with Gasteiger partial charge in [0.15, 0.2) is 0 Å². The van der Waals surface area contributed by atoms with Gasteiger partial charge in [-0.05, 0) is 6.92 Å². The quantitative estimate of drug-likeness (QED) is 0.582. The summed E-state index contributed by atoms with van der Waals surface area (Å²) in [5, 5.41) is 16.5. The molecular weight excluding hydrogens is 118 g/mol. The predicted octanol–water partition coefficient (Wildman–Crippen LogP) is 1.34. The number of aliphatic hydroxyl groups excluding tert-OH is 1. The zero-order valence-corrected chi connectivity index (χ0v) is 5.29. The number of hydrogen-bond donors (Lipinski definition) is 1. The predicted molar refractivity (Wildman–Crippen MR) is 32.6 cm³/mol. The van der Waals surface area contributed by atoms with Crippen LogP contribution < -0.4 is 0 Å². The molecule has 3 heteroatoms. The van der Waals surface area contributed by atoms with E-state index in [1.54, 1.807) is 6.92 Å². The van der Waals surface area contributed by atoms with Gasteiger partial charge in [-0.1, -0.05) is 0 Å². The number of nitrogens with zero attached hydrogens (tertiary/aromatic N) is 1. The Kier molecular flexibility index (Phi) is 4.33. The zero-order chi connectivity index (χ0) is 7.11. The van der Waals surface area contributed by atoms with Crippen molar-refractivity contribution < 1.29 is 9.84 Å². The first-order valence-corrected chi connectivity index (χ1v) is 2.68. The van der Waals surface area contributed by atoms with E-state index >= 15 is 0 Å². The molecule has 0 aliphatic carbocycles. The van der Waals surface area contributed by atoms with Gasteiger partial charge in [0.2, 0.25) is 0 Å². The van der Waals surface area contributed by atoms with Crippen LogP contribution in [0.4, 0.5) is 0 Å². The third-order valence-electron chi connectivity index (χ3n) is 0.727. The van der Waals surface area contributed by atoms with Crippen LogP contribution in [0, 0.1) is 11.3 Å². The number of nitriles is 1. The number of aliphatic hydroxyl groups is 1. The monoisotopic (exact) mass is 127 g/mol. The van der Waals surface area contributed by atoms with Crippen molar-refractivity contribution in [2.75, 3.05) is 6.61 Å². The maximum absolute atomic E-state index is 8.35. The highest BCUT2D eigenvalue weighted by Crippen LogP contribution is 1.99. The molecular formula is C6H9NO2. The fourth-order valence-electron chi connectivity index (χ4n) is 0.397. The highest BCUT2D eigenvalue weighted by molar-refractivity contribution is 4.95. The molecule has 0 heterocycles. The van der Waals surface area contributed by atoms with E-state index in [0.717, 1.165) is 6.26 Å². The molecule has 0 spiro atoms. The van der Waals surface area contributed by atoms with Crippen LogP contribution in [0.5, 0.6) is 0 Å². The minimum atomic E-state index is 0.129. The first kappa shape index (κ1) is 7.83. The molecule has 0 unspecified atom stereocenters. The lowest BCUT2D eigenvalue weighted by molar-refractivity contribution is 0.211. The second kappa shape index (κ2) is 4.98. The van der Waals surface area contributed by atoms with E-state index in [4.69, 9.17) is 15.1 Å². The van der Waals surface area contributed by atoms with Gasteiger partial charge in [-0.3, -0.25) is 0 Å². The van der Waals surface area contributed by atoms with E-state index < -0.39 is 0 Å². The Labute approximate surface area is 54.2 Å². The minimum Gasteiger partial charge on any atom is -0.512 e. The average molecular weight is 127 g/mol. The third-order valence-corrected chi connectivity index (χ3v) is 0.727. The van der Waals surface area contributed by atoms with Crippen LogP contribution in [-0.2, 0) is 4.74 Å². The van der Waals surface area contributed by atoms with E-state index in [9.17, 15) is 0 Å². The highest BCUT2D eigenvalue weighted by Gasteiger charge is 1.92. The molecule has 0 bridgehead atoms. The average Bonchev–Trinajstić information content (AvgIpc) is 1.88. The van der Waals surface area contributed by atoms with Crippen molar-refractivity contribution in [3.05, 3.63) is 12.0 Å². The van der Waals surface area contributed by atoms with Gasteiger partial charge in [-0.2, -0.15) is 5.26 Å². The largest absolute Gasteiger partial charge is 0.512 e. The molecule has 0 aromatic heterocycles. The van der Waals surface area contributed by atoms with Crippen molar-refractivity contribution >= 4 is 0 Å². The SMILES string of the molecule is CCO/C(=C/O)CC#N. The summed E-state index contributed by atoms with van der Waals surface area (Å²) >= 11 is 0. The van der Waals surface area contributed by atoms with E-state index in [-0.39, 0.29) is 6.42 Å². The van der Waals surface area contributed by atoms with Crippen LogP contribution in [0.25, 0.3) is 0 Å². The Morgan fingerprint density at radius 2 is 2.56 bits per heavy atom. The van der Waals surface area contributed by atoms with Crippen LogP contribution in [0.15, 0.2) is 12.0 Å². The van der Waals surface area contributed by atoms with E-state index in [2.05, 4.69) is 0 Å². The molecule has 0 saturated heterocycles. The smallest absolute Gasteiger partial charge is 0.144 e. The molecule has 0 aliphatic heterocycles. The van der Waals surface area contributed by atoms with Gasteiger partial charge in [0, 0.05) is 0 Å². The summed E-state index contributed by atoms with van der Waals surface area (Å²) in [6.45, 7) is 2.27. The number of hydrogen-bond acceptors (Lipinski definition) is 3. The molecule has 9 heavy (non-hydrogen) atoms. The molecule has 0 radical (unpaired) electrons. The fraction of sp³-hybridized carbons (Fsp3) is 0.500. The summed E-state index contributed by atoms with van der Waals surface area (Å²) in [6, 6.07) is 1.85. The Morgan fingerprint density at radius 3 is 2.89 bits per heavy atom. The third kappa shape index (κ3) is 3.42. The molecule has 50 valence electrons. The van der Waals surface area contributed by atoms with Crippen molar-refractivity contribution in [2.45, 2.75) is 13.3 Å². The Hall–Kier alpha value is -1.17. The summed E-state index contributed by atoms with van der Waals surface area (Å²) in [6.07, 6.45) is 0.942. The Balaban J connectivity index is 3.59. The van der Waals surface area contributed by atoms with Crippen LogP contribution in [0.3, 0.4) is 0 Å². The fourth-order valence-corrected chi connectivity index (χ4v) is 0.397. The second-order valence-corrected chi connectivity index (χ2v) is 1.36. The zero-order valence-electron chi connectivity index (χ0n) is 5.29. The van der Waals surface area contributed by atoms with Gasteiger partial charge < -0.3 is 9.84 Å². The van der Waals surface area contributed by atoms with Crippen molar-refractivity contribution in [3.63, 3.8) is 0 Å². The molecule has 1 N–H and O–H groups in total. The summed E-state index contributed by atoms with van der Waals surface area (Å²) in [5.41, 5.74) is 0. The Morgan fingerprint density at radius 1 is 1.89 bits per heavy atom. The van der Waals surface area contributed by atoms with E-state index in [1.807, 2.05) is 6.07 Å². The molecule has 0 rings (SSSR count). The molecule has 0 aromatic carbocycles. The molecule has 0 atom stereocenters. The summed E-state index contributed by atoms with van der Waals surface area (Å²) in [4.78, 5) is 0. The maximum Gasteiger partial charge on any atom is 0.144 e. The summed E-state index contributed by atoms with van der Waals surface area (Å²) in [5.74, 6) is 0.319. The van der Waals surface area contributed by atoms with Crippen molar-refractivity contribution in [3.8, 4) is 6.07 Å². The van der Waals surface area contributed by atoms with Gasteiger partial charge in [0.05, 0.1) is 19.1 Å². The molecule has 3 nitrogen and oxygen atoms in total. The second-order valence-electron chi connectivity index (χ2n) is 1.36. The highest BCUT2D eigenvalue weighted by atomic mass is 16.5. The van der Waals surface area contributed by atoms with E-state index in [1.165, 1.54) is 0 Å². The normalized spacial score (nSPS) is 10.4. The van der Waals surface area contributed by atoms with Gasteiger partial charge in [0.1, 0.15) is 12.0 Å². The Bertz CT molecular complexity index is 134. The lowest BCUT2D eigenvalue weighted by Gasteiger charge is -2.00. The topological polar surface area (TPSA) is 53.2 Å². The molecule has 0 aromatic rings. The molecule has 0 fully saturated rings. The van der Waals surface area contributed by atoms with Crippen molar-refractivity contribution in [2.24, 2.45) is 0 Å². The first-order valence-electron chi connectivity index (χ1n) is 2.68. The van der Waals surface area contributed by atoms with Gasteiger partial charge in [0.25, 0.3) is 0 Å². The van der Waals surface area contributed by atoms with Gasteiger partial charge in [-0.25, -0.2) is 0 Å². The summed E-state index contributed by atoms with van der Waals surface area (Å²) < 4.78 is 4.82. The molecule has 0 saturated carbocycles. The van der Waals surface area contributed by atoms with Crippen LogP contribution >= 0.6 is 0 Å². The van der Waals surface area contributed by atoms with Crippen molar-refractivity contribution in [1.29, 1.82) is 5.26 Å². The van der Waals surface area contributed by atoms with Crippen LogP contribution in [-0.4, -0.2) is 11.7 Å². The molecule has 0 aliphatic rings. The standard InChI is InChI=1S/C6H9NO2/c1-2-9-6(5-8)3-4-7/h5,8H,2-3H2,1H3/b6-5+. The first-order chi connectivity index (χ1) is 4.35. The summed E-state index contributed by atoms with van der Waals surface area (Å²) in [7, 11) is 0. The van der Waals surface area contributed by atoms with Crippen LogP contribution in [0.2, 0.25) is 0 Å². The van der Waals surface area contributed by atoms with Gasteiger partial charge in [-0.15, -0.1) is 0 Å². The number of ether oxygens (including phenoxy) is 1. The minimum absolute atomic E-state index is 0.129. The van der Waals surface area contributed by atoms with E-state index in [0.29, 0.717) is 12.4 Å². The number of rotatable bonds is 3. The van der Waals surface area contributed by atoms with Crippen LogP contribution in [0.1, 0.15) is 13.3 Å². The lowest BCUT2D eigenvalue weighted by Crippen LogP contribution is -1.89. The number of allylic oxidation sites excluding steroid dienone is 1. The van der Waals surface area contributed by atoms with Crippen molar-refractivity contribution in [1.82, 2.24) is 0 Å².